The van der Waals surface area contributed by atoms with Crippen molar-refractivity contribution in [2.24, 2.45) is 57.2 Å². The summed E-state index contributed by atoms with van der Waals surface area (Å²) in [6.07, 6.45) is 13.9. The van der Waals surface area contributed by atoms with Crippen LogP contribution in [0, 0.1) is 82.0 Å². The van der Waals surface area contributed by atoms with Gasteiger partial charge in [-0.15, -0.1) is 0 Å². The summed E-state index contributed by atoms with van der Waals surface area (Å²) in [5.41, 5.74) is 11.1. The van der Waals surface area contributed by atoms with E-state index in [0.717, 1.165) is 101 Å². The molecule has 0 radical (unpaired) electrons. The minimum atomic E-state index is -0.695. The first-order chi connectivity index (χ1) is 54.6. The quantitative estimate of drug-likeness (QED) is 0.0249. The Morgan fingerprint density at radius 3 is 1.30 bits per heavy atom. The number of benzene rings is 8. The number of nitriles is 1. The summed E-state index contributed by atoms with van der Waals surface area (Å²) >= 11 is 27.1. The fraction of sp³-hybridized carbons (Fsp3) is 0.374. The maximum absolute atomic E-state index is 12.1. The van der Waals surface area contributed by atoms with Crippen LogP contribution in [-0.4, -0.2) is 56.1 Å². The minimum absolute atomic E-state index is 0.122. The normalized spacial score (nSPS) is 14.4. The molecule has 0 aliphatic carbocycles. The van der Waals surface area contributed by atoms with Gasteiger partial charge in [0.1, 0.15) is 23.3 Å². The number of nitrogens with zero attached hydrogens (tertiary/aromatic N) is 8. The summed E-state index contributed by atoms with van der Waals surface area (Å²) in [7, 11) is 0. The zero-order chi connectivity index (χ0) is 82.7. The molecule has 115 heavy (non-hydrogen) atoms. The van der Waals surface area contributed by atoms with Gasteiger partial charge in [0.25, 0.3) is 0 Å². The highest BCUT2D eigenvalue weighted by Gasteiger charge is 2.37. The second-order valence-electron chi connectivity index (χ2n) is 37.0. The highest BCUT2D eigenvalue weighted by Crippen LogP contribution is 2.39. The molecule has 10 nitrogen and oxygen atoms in total. The standard InChI is InChI=1S/C99H112B2Cl4N8O2/c1-65(55-96(6,7)8)39-41-72(67(3)57-98(12,13)14)63-114-79-47-43-70(44-48-79)93-69(5)91(95(92(107-18)90-61-109-86-52-82(103)84(105)54-88(86)111-90)113(93)101(77-35-27-21-28-36-77)78-37-29-22-30-38-78)94(71-45-49-80(50-46-71)115-64-73(68(4)58-99(15,16)17)42-40-66(2)56-97(9,10)11)112(100(75-31-23-19-24-32-75)76-33-25-20-26-34-76)62-74(59-106)89-60-108-85-51-81(102)83(104)53-87(85)110-89/h19-38,43-54,60-62,65-68,72-73H,39-42,55-58,63-64H2,1-17H3/b74-62-,94-91+,95-92+. The van der Waals surface area contributed by atoms with E-state index in [2.05, 4.69) is 254 Å². The maximum atomic E-state index is 12.1. The molecule has 3 aromatic heterocycles. The van der Waals surface area contributed by atoms with Crippen LogP contribution in [0.4, 0.5) is 0 Å². The third-order valence-corrected chi connectivity index (χ3v) is 23.4. The molecular weight excluding hydrogens is 1500 g/mol. The van der Waals surface area contributed by atoms with E-state index >= 15 is 0 Å². The monoisotopic (exact) mass is 1610 g/mol. The molecule has 0 saturated carbocycles. The van der Waals surface area contributed by atoms with E-state index in [9.17, 15) is 11.8 Å². The van der Waals surface area contributed by atoms with Gasteiger partial charge in [-0.3, -0.25) is 15.0 Å². The van der Waals surface area contributed by atoms with Gasteiger partial charge in [0.05, 0.1) is 79.4 Å². The average molecular weight is 1610 g/mol. The maximum Gasteiger partial charge on any atom is 0.327 e. The Hall–Kier alpha value is -9.13. The fourth-order valence-corrected chi connectivity index (χ4v) is 17.9. The van der Waals surface area contributed by atoms with Gasteiger partial charge >= 0.3 is 13.7 Å². The van der Waals surface area contributed by atoms with Gasteiger partial charge < -0.3 is 18.8 Å². The summed E-state index contributed by atoms with van der Waals surface area (Å²) in [6, 6.07) is 68.0. The molecule has 0 N–H and O–H groups in total. The van der Waals surface area contributed by atoms with Gasteiger partial charge in [-0.1, -0.05) is 313 Å². The van der Waals surface area contributed by atoms with Crippen molar-refractivity contribution >= 4 is 121 Å². The van der Waals surface area contributed by atoms with Crippen LogP contribution in [0.3, 0.4) is 0 Å². The minimum Gasteiger partial charge on any atom is -0.493 e. The number of allylic oxidation sites excluding steroid dienone is 1. The molecule has 594 valence electrons. The van der Waals surface area contributed by atoms with E-state index in [4.69, 9.17) is 80.7 Å². The molecule has 0 bridgehead atoms. The molecule has 0 saturated heterocycles. The van der Waals surface area contributed by atoms with E-state index in [-0.39, 0.29) is 44.5 Å². The van der Waals surface area contributed by atoms with Crippen molar-refractivity contribution in [2.75, 3.05) is 13.2 Å². The van der Waals surface area contributed by atoms with Crippen LogP contribution >= 0.6 is 46.4 Å². The topological polar surface area (TPSA) is 106 Å². The number of halogens is 4. The van der Waals surface area contributed by atoms with Crippen molar-refractivity contribution in [3.8, 4) is 28.8 Å². The van der Waals surface area contributed by atoms with Crippen molar-refractivity contribution in [2.45, 2.75) is 169 Å². The van der Waals surface area contributed by atoms with Crippen LogP contribution < -0.4 is 41.9 Å². The van der Waals surface area contributed by atoms with E-state index in [0.29, 0.717) is 113 Å². The third kappa shape index (κ3) is 22.7. The lowest BCUT2D eigenvalue weighted by Crippen LogP contribution is -2.57. The Labute approximate surface area is 705 Å². The van der Waals surface area contributed by atoms with E-state index in [1.807, 2.05) is 54.7 Å². The van der Waals surface area contributed by atoms with Crippen LogP contribution in [-0.2, 0) is 0 Å². The Kier molecular flexibility index (Phi) is 28.6. The number of ether oxygens (including phenoxy) is 2. The lowest BCUT2D eigenvalue weighted by molar-refractivity contribution is 0.147. The number of hydrogen-bond donors (Lipinski definition) is 0. The second-order valence-corrected chi connectivity index (χ2v) is 38.6. The smallest absolute Gasteiger partial charge is 0.327 e. The first kappa shape index (κ1) is 86.7. The molecule has 0 amide bonds. The van der Waals surface area contributed by atoms with Crippen LogP contribution in [0.15, 0.2) is 213 Å². The lowest BCUT2D eigenvalue weighted by atomic mass is 9.49. The first-order valence-corrected chi connectivity index (χ1v) is 42.3. The Morgan fingerprint density at radius 2 is 0.896 bits per heavy atom. The van der Waals surface area contributed by atoms with Gasteiger partial charge in [-0.25, -0.2) is 9.83 Å². The number of rotatable bonds is 30. The molecule has 0 fully saturated rings. The van der Waals surface area contributed by atoms with Crippen molar-refractivity contribution in [1.29, 1.82) is 5.26 Å². The summed E-state index contributed by atoms with van der Waals surface area (Å²) in [5.74, 6) is 4.01. The van der Waals surface area contributed by atoms with Gasteiger partial charge in [0.15, 0.2) is 0 Å². The molecule has 8 aromatic carbocycles. The second kappa shape index (κ2) is 37.9. The summed E-state index contributed by atoms with van der Waals surface area (Å²) in [4.78, 5) is 27.5. The molecule has 3 heterocycles. The molecular formula is C99H112B2Cl4N8O2. The molecule has 11 rings (SSSR count). The van der Waals surface area contributed by atoms with Gasteiger partial charge in [0.2, 0.25) is 5.70 Å². The number of fused-ring (bicyclic) bond motifs is 2. The highest BCUT2D eigenvalue weighted by molar-refractivity contribution is 6.85. The fourth-order valence-electron chi connectivity index (χ4n) is 17.3. The zero-order valence-corrected chi connectivity index (χ0v) is 73.3. The van der Waals surface area contributed by atoms with Gasteiger partial charge in [-0.2, -0.15) is 5.26 Å². The zero-order valence-electron chi connectivity index (χ0n) is 70.3. The summed E-state index contributed by atoms with van der Waals surface area (Å²) < 4.78 is 16.6. The third-order valence-electron chi connectivity index (χ3n) is 22.0. The summed E-state index contributed by atoms with van der Waals surface area (Å²) in [6.45, 7) is 49.6. The Bertz CT molecular complexity index is 5310. The average Bonchev–Trinajstić information content (AvgIpc) is 1.56. The molecule has 6 unspecified atom stereocenters. The van der Waals surface area contributed by atoms with Gasteiger partial charge in [0, 0.05) is 34.4 Å². The largest absolute Gasteiger partial charge is 0.493 e. The molecule has 0 aliphatic rings. The molecule has 0 spiro atoms. The Morgan fingerprint density at radius 1 is 0.513 bits per heavy atom. The van der Waals surface area contributed by atoms with Crippen molar-refractivity contribution in [3.63, 3.8) is 0 Å². The SMILES string of the molecule is [C-]#[N+]/C(c1cnc2cc(Cl)c(Cl)cc2n1)=c1\c(=C(/c2ccc(OCC(CCC(C)CC(C)(C)C)C(C)CC(C)(C)C)cc2)N(/C=C(/C#N)c2cnc3cc(Cl)c(Cl)cc3n2)B(c2ccccc2)c2ccccc2)c(C)c(-c2ccc(OCC(CCC(C)CC(C)(C)C)C(C)CC(C)(C)C)cc2)n1B(c1ccccc1)c1ccccc1. The lowest BCUT2D eigenvalue weighted by Gasteiger charge is -2.33. The molecule has 6 atom stereocenters. The van der Waals surface area contributed by atoms with Crippen LogP contribution in [0.5, 0.6) is 11.5 Å². The van der Waals surface area contributed by atoms with Crippen molar-refractivity contribution in [1.82, 2.24) is 29.2 Å². The van der Waals surface area contributed by atoms with E-state index in [1.54, 1.807) is 36.7 Å². The Balaban J connectivity index is 1.29. The molecule has 11 aromatic rings. The van der Waals surface area contributed by atoms with E-state index < -0.39 is 13.7 Å². The van der Waals surface area contributed by atoms with Crippen LogP contribution in [0.2, 0.25) is 20.1 Å². The highest BCUT2D eigenvalue weighted by atomic mass is 35.5. The number of aromatic nitrogens is 5. The predicted molar refractivity (Wildman–Crippen MR) is 487 cm³/mol. The predicted octanol–water partition coefficient (Wildman–Crippen LogP) is 23.4. The first-order valence-electron chi connectivity index (χ1n) is 40.8. The summed E-state index contributed by atoms with van der Waals surface area (Å²) in [5, 5.41) is 14.5. The number of hydrogen-bond acceptors (Lipinski definition) is 8. The van der Waals surface area contributed by atoms with Crippen molar-refractivity contribution in [3.05, 3.63) is 277 Å². The van der Waals surface area contributed by atoms with Gasteiger partial charge in [-0.05, 0) is 192 Å². The van der Waals surface area contributed by atoms with E-state index in [1.165, 1.54) is 0 Å². The van der Waals surface area contributed by atoms with Crippen LogP contribution in [0.25, 0.3) is 55.1 Å². The molecule has 16 heteroatoms. The van der Waals surface area contributed by atoms with Crippen molar-refractivity contribution < 1.29 is 9.47 Å². The van der Waals surface area contributed by atoms with Crippen LogP contribution in [0.1, 0.15) is 185 Å². The molecule has 0 aliphatic heterocycles.